The maximum absolute atomic E-state index is 5.71. The van der Waals surface area contributed by atoms with Gasteiger partial charge in [0.15, 0.2) is 0 Å². The van der Waals surface area contributed by atoms with Crippen molar-refractivity contribution >= 4 is 0 Å². The third kappa shape index (κ3) is 4.79. The molecular weight excluding hydrogens is 220 g/mol. The molecule has 0 amide bonds. The van der Waals surface area contributed by atoms with Crippen molar-refractivity contribution in [1.82, 2.24) is 5.32 Å². The second-order valence-corrected chi connectivity index (χ2v) is 6.32. The van der Waals surface area contributed by atoms with Gasteiger partial charge < -0.3 is 11.1 Å². The Balaban J connectivity index is 2.58. The van der Waals surface area contributed by atoms with Gasteiger partial charge in [-0.3, -0.25) is 0 Å². The second kappa shape index (κ2) is 6.35. The van der Waals surface area contributed by atoms with E-state index in [1.54, 1.807) is 0 Å². The third-order valence-corrected chi connectivity index (χ3v) is 3.25. The molecule has 1 atom stereocenters. The van der Waals surface area contributed by atoms with Crippen LogP contribution in [-0.2, 0) is 11.8 Å². The molecule has 2 heteroatoms. The molecule has 1 aromatic rings. The Hall–Kier alpha value is -0.860. The number of nitrogens with two attached hydrogens (primary N) is 1. The van der Waals surface area contributed by atoms with E-state index in [2.05, 4.69) is 51.2 Å². The first-order chi connectivity index (χ1) is 8.30. The molecular formula is C16H28N2. The molecule has 1 rings (SSSR count). The molecule has 0 aliphatic carbocycles. The van der Waals surface area contributed by atoms with E-state index in [-0.39, 0.29) is 11.5 Å². The average Bonchev–Trinajstić information content (AvgIpc) is 2.24. The first-order valence-corrected chi connectivity index (χ1v) is 6.87. The van der Waals surface area contributed by atoms with Crippen LogP contribution in [0.5, 0.6) is 0 Å². The molecule has 0 spiro atoms. The van der Waals surface area contributed by atoms with Crippen LogP contribution < -0.4 is 11.1 Å². The number of nitrogens with one attached hydrogen (secondary N) is 1. The maximum Gasteiger partial charge on any atom is 0.0136 e. The molecule has 2 nitrogen and oxygen atoms in total. The fraction of sp³-hybridized carbons (Fsp3) is 0.625. The Kier molecular flexibility index (Phi) is 5.36. The van der Waals surface area contributed by atoms with E-state index in [0.717, 1.165) is 19.5 Å². The predicted molar refractivity (Wildman–Crippen MR) is 80.1 cm³/mol. The number of benzene rings is 1. The van der Waals surface area contributed by atoms with Crippen LogP contribution in [0.4, 0.5) is 0 Å². The zero-order valence-electron chi connectivity index (χ0n) is 12.5. The summed E-state index contributed by atoms with van der Waals surface area (Å²) >= 11 is 0. The van der Waals surface area contributed by atoms with Crippen LogP contribution in [0.1, 0.15) is 44.4 Å². The molecule has 1 aromatic carbocycles. The van der Waals surface area contributed by atoms with Crippen LogP contribution in [-0.4, -0.2) is 19.1 Å². The zero-order chi connectivity index (χ0) is 13.8. The molecule has 0 saturated heterocycles. The smallest absolute Gasteiger partial charge is 0.0136 e. The fourth-order valence-corrected chi connectivity index (χ4v) is 2.00. The van der Waals surface area contributed by atoms with Crippen LogP contribution >= 0.6 is 0 Å². The summed E-state index contributed by atoms with van der Waals surface area (Å²) in [6.07, 6.45) is 1.07. The first-order valence-electron chi connectivity index (χ1n) is 6.87. The van der Waals surface area contributed by atoms with Crippen LogP contribution in [0.25, 0.3) is 0 Å². The predicted octanol–water partition coefficient (Wildman–Crippen LogP) is 2.77. The van der Waals surface area contributed by atoms with Crippen LogP contribution in [0, 0.1) is 6.92 Å². The van der Waals surface area contributed by atoms with E-state index in [1.165, 1.54) is 16.7 Å². The van der Waals surface area contributed by atoms with E-state index in [9.17, 15) is 0 Å². The quantitative estimate of drug-likeness (QED) is 0.786. The largest absolute Gasteiger partial charge is 0.327 e. The Bertz CT molecular complexity index is 375. The third-order valence-electron chi connectivity index (χ3n) is 3.25. The van der Waals surface area contributed by atoms with Gasteiger partial charge >= 0.3 is 0 Å². The molecule has 3 N–H and O–H groups in total. The topological polar surface area (TPSA) is 38.0 Å². The zero-order valence-corrected chi connectivity index (χ0v) is 12.5. The Labute approximate surface area is 112 Å². The van der Waals surface area contributed by atoms with Crippen molar-refractivity contribution in [3.8, 4) is 0 Å². The Morgan fingerprint density at radius 1 is 1.28 bits per heavy atom. The lowest BCUT2D eigenvalue weighted by Gasteiger charge is -2.20. The van der Waals surface area contributed by atoms with Crippen molar-refractivity contribution in [3.63, 3.8) is 0 Å². The van der Waals surface area contributed by atoms with Crippen molar-refractivity contribution in [2.24, 2.45) is 5.73 Å². The molecule has 1 unspecified atom stereocenters. The van der Waals surface area contributed by atoms with Gasteiger partial charge in [-0.25, -0.2) is 0 Å². The van der Waals surface area contributed by atoms with Crippen molar-refractivity contribution in [2.75, 3.05) is 13.1 Å². The molecule has 0 saturated carbocycles. The fourth-order valence-electron chi connectivity index (χ4n) is 2.00. The SMILES string of the molecule is Cc1cc(C(C)(C)C)ccc1CCNCC(C)N. The normalized spacial score (nSPS) is 13.7. The van der Waals surface area contributed by atoms with Crippen molar-refractivity contribution in [2.45, 2.75) is 52.5 Å². The van der Waals surface area contributed by atoms with Crippen LogP contribution in [0.2, 0.25) is 0 Å². The lowest BCUT2D eigenvalue weighted by atomic mass is 9.85. The molecule has 0 radical (unpaired) electrons. The van der Waals surface area contributed by atoms with Gasteiger partial charge in [0.25, 0.3) is 0 Å². The minimum atomic E-state index is 0.231. The molecule has 0 aliphatic heterocycles. The second-order valence-electron chi connectivity index (χ2n) is 6.32. The number of hydrogen-bond donors (Lipinski definition) is 2. The minimum absolute atomic E-state index is 0.231. The molecule has 18 heavy (non-hydrogen) atoms. The van der Waals surface area contributed by atoms with Gasteiger partial charge in [-0.15, -0.1) is 0 Å². The lowest BCUT2D eigenvalue weighted by molar-refractivity contribution is 0.588. The van der Waals surface area contributed by atoms with Gasteiger partial charge in [0.1, 0.15) is 0 Å². The minimum Gasteiger partial charge on any atom is -0.327 e. The molecule has 0 aromatic heterocycles. The summed E-state index contributed by atoms with van der Waals surface area (Å²) in [6, 6.07) is 7.08. The van der Waals surface area contributed by atoms with Crippen LogP contribution in [0.15, 0.2) is 18.2 Å². The van der Waals surface area contributed by atoms with Gasteiger partial charge in [-0.1, -0.05) is 39.0 Å². The summed E-state index contributed by atoms with van der Waals surface area (Å²) in [5.74, 6) is 0. The summed E-state index contributed by atoms with van der Waals surface area (Å²) in [5.41, 5.74) is 10.2. The van der Waals surface area contributed by atoms with Gasteiger partial charge in [0.2, 0.25) is 0 Å². The van der Waals surface area contributed by atoms with Gasteiger partial charge in [-0.05, 0) is 48.9 Å². The van der Waals surface area contributed by atoms with E-state index >= 15 is 0 Å². The Morgan fingerprint density at radius 2 is 1.94 bits per heavy atom. The van der Waals surface area contributed by atoms with E-state index in [1.807, 2.05) is 6.92 Å². The number of rotatable bonds is 5. The van der Waals surface area contributed by atoms with Crippen molar-refractivity contribution in [1.29, 1.82) is 0 Å². The highest BCUT2D eigenvalue weighted by Crippen LogP contribution is 2.24. The summed E-state index contributed by atoms with van der Waals surface area (Å²) in [6.45, 7) is 12.9. The highest BCUT2D eigenvalue weighted by Gasteiger charge is 2.14. The van der Waals surface area contributed by atoms with E-state index < -0.39 is 0 Å². The van der Waals surface area contributed by atoms with E-state index in [4.69, 9.17) is 5.73 Å². The summed E-state index contributed by atoms with van der Waals surface area (Å²) < 4.78 is 0. The highest BCUT2D eigenvalue weighted by molar-refractivity contribution is 5.34. The molecule has 102 valence electrons. The van der Waals surface area contributed by atoms with Gasteiger partial charge in [0.05, 0.1) is 0 Å². The average molecular weight is 248 g/mol. The number of aryl methyl sites for hydroxylation is 1. The molecule has 0 fully saturated rings. The first kappa shape index (κ1) is 15.2. The maximum atomic E-state index is 5.71. The van der Waals surface area contributed by atoms with Crippen molar-refractivity contribution < 1.29 is 0 Å². The number of hydrogen-bond acceptors (Lipinski definition) is 2. The lowest BCUT2D eigenvalue weighted by Crippen LogP contribution is -2.32. The molecule has 0 bridgehead atoms. The molecule has 0 heterocycles. The summed E-state index contributed by atoms with van der Waals surface area (Å²) in [5, 5.41) is 3.38. The summed E-state index contributed by atoms with van der Waals surface area (Å²) in [7, 11) is 0. The van der Waals surface area contributed by atoms with Crippen LogP contribution in [0.3, 0.4) is 0 Å². The molecule has 0 aliphatic rings. The van der Waals surface area contributed by atoms with Gasteiger partial charge in [-0.2, -0.15) is 0 Å². The van der Waals surface area contributed by atoms with E-state index in [0.29, 0.717) is 0 Å². The van der Waals surface area contributed by atoms with Gasteiger partial charge in [0, 0.05) is 12.6 Å². The Morgan fingerprint density at radius 3 is 2.44 bits per heavy atom. The van der Waals surface area contributed by atoms with Crippen molar-refractivity contribution in [3.05, 3.63) is 34.9 Å². The standard InChI is InChI=1S/C16H28N2/c1-12-10-15(16(3,4)5)7-6-14(12)8-9-18-11-13(2)17/h6-7,10,13,18H,8-9,11,17H2,1-5H3. The summed E-state index contributed by atoms with van der Waals surface area (Å²) in [4.78, 5) is 0. The monoisotopic (exact) mass is 248 g/mol. The highest BCUT2D eigenvalue weighted by atomic mass is 14.9.